The van der Waals surface area contributed by atoms with Crippen LogP contribution in [0.1, 0.15) is 80.4 Å². The van der Waals surface area contributed by atoms with Gasteiger partial charge in [0.25, 0.3) is 0 Å². The fourth-order valence-corrected chi connectivity index (χ4v) is 14.7. The van der Waals surface area contributed by atoms with Crippen molar-refractivity contribution in [2.75, 3.05) is 182 Å². The number of nitrogens with one attached hydrogen (secondary N) is 2. The molecule has 0 unspecified atom stereocenters. The first-order chi connectivity index (χ1) is 54.3. The minimum absolute atomic E-state index is 0.00819. The smallest absolute Gasteiger partial charge is 0.143 e. The highest BCUT2D eigenvalue weighted by Gasteiger charge is 2.23. The largest absolute Gasteiger partial charge is 0.490 e. The number of fused-ring (bicyclic) bond motifs is 6. The second-order valence-electron chi connectivity index (χ2n) is 30.3. The summed E-state index contributed by atoms with van der Waals surface area (Å²) in [6.45, 7) is 35.2. The molecule has 0 radical (unpaired) electrons. The number of nitrogen functional groups attached to an aromatic ring is 6. The number of aryl methyl sites for hydroxylation is 10. The number of aromatic amines is 2. The van der Waals surface area contributed by atoms with Crippen molar-refractivity contribution in [2.24, 2.45) is 14.1 Å². The number of aromatic nitrogens is 6. The molecule has 1 aliphatic rings. The Bertz CT molecular complexity index is 5200. The monoisotopic (exact) mass is 1570 g/mol. The van der Waals surface area contributed by atoms with Gasteiger partial charge in [-0.15, -0.1) is 0 Å². The van der Waals surface area contributed by atoms with Gasteiger partial charge in [0.1, 0.15) is 74.1 Å². The number of aliphatic hydroxyl groups excluding tert-OH is 4. The highest BCUT2D eigenvalue weighted by Crippen LogP contribution is 2.41. The molecule has 6 aromatic heterocycles. The number of aliphatic hydroxyl groups is 4. The number of hydrogen-bond donors (Lipinski definition) is 12. The Kier molecular flexibility index (Phi) is 31.9. The van der Waals surface area contributed by atoms with Crippen LogP contribution < -0.4 is 62.8 Å². The maximum atomic E-state index is 9.32. The van der Waals surface area contributed by atoms with Crippen LogP contribution in [0.25, 0.3) is 65.4 Å². The molecule has 0 saturated carbocycles. The second-order valence-corrected chi connectivity index (χ2v) is 30.3. The van der Waals surface area contributed by atoms with E-state index in [4.69, 9.17) is 73.0 Å². The van der Waals surface area contributed by atoms with E-state index in [1.807, 2.05) is 141 Å². The molecule has 622 valence electrons. The lowest BCUT2D eigenvalue weighted by Crippen LogP contribution is -2.25. The van der Waals surface area contributed by atoms with Gasteiger partial charge in [0.2, 0.25) is 0 Å². The Morgan fingerprint density at radius 2 is 0.596 bits per heavy atom. The Hall–Kier alpha value is -10.2. The topological polar surface area (TPSA) is 357 Å². The molecule has 12 aromatic rings. The Balaban J connectivity index is 0.000000171. The number of likely N-dealkylation sites (N-methyl/N-ethyl adjacent to an activating group) is 3. The van der Waals surface area contributed by atoms with E-state index in [1.54, 1.807) is 6.07 Å². The molecular weight excluding hydrogens is 1440 g/mol. The molecule has 18 N–H and O–H groups in total. The molecule has 1 fully saturated rings. The number of nitrogens with zero attached hydrogens (tertiary/aromatic N) is 8. The number of likely N-dealkylation sites (tertiary alicyclic amines) is 1. The minimum atomic E-state index is -0.0372. The van der Waals surface area contributed by atoms with Crippen LogP contribution in [-0.2, 0) is 27.2 Å². The van der Waals surface area contributed by atoms with Crippen LogP contribution in [0, 0.1) is 83.1 Å². The Morgan fingerprint density at radius 3 is 0.912 bits per heavy atom. The summed E-state index contributed by atoms with van der Waals surface area (Å²) in [5.41, 5.74) is 61.0. The van der Waals surface area contributed by atoms with Crippen LogP contribution in [0.4, 0.5) is 34.1 Å². The zero-order chi connectivity index (χ0) is 83.7. The minimum Gasteiger partial charge on any atom is -0.490 e. The van der Waals surface area contributed by atoms with Gasteiger partial charge in [0, 0.05) is 154 Å². The normalized spacial score (nSPS) is 12.2. The molecule has 6 aromatic carbocycles. The summed E-state index contributed by atoms with van der Waals surface area (Å²) in [6.07, 6.45) is 2.64. The number of nitrogens with two attached hydrogens (primary N) is 6. The van der Waals surface area contributed by atoms with Crippen molar-refractivity contribution < 1.29 is 48.8 Å². The molecule has 0 spiro atoms. The van der Waals surface area contributed by atoms with E-state index in [0.717, 1.165) is 189 Å². The first kappa shape index (κ1) is 89.4. The van der Waals surface area contributed by atoms with Gasteiger partial charge >= 0.3 is 0 Å². The standard InChI is InChI=1S/C16H25N3O2.C16H23N3O.C15H23N3O.C14H21N3O.C14H20N2O3.C13H18N2O2/c1-11-12(2)19(7-9-20)16-14(21-10-8-18(3)4)6-5-13(17)15(11)16;1-11-12(2)18-16-14(6-5-13(17)15(11)16)20-10-9-19-7-3-4-8-19;1-10-11(2)18(5)15-13(19-9-8-17(3)4)7-6-12(16)14(10)15;1-9-10(2)16-14-12(18-8-7-17(3)4)6-5-11(15)13(9)14;1-9-10(2)16(5-6-17)14-12(19-8-7-18)4-3-11(15)13(9)14;1-8-9(2)15(3)13-11(17-7-6-16)5-4-10(14)12(8)13/h5-6,20H,7-10,17H2,1-4H3;5-6,18H,3-4,7-10,17H2,1-2H3;6-7H,8-9,16H2,1-5H3;5-6,16H,7-8,15H2,1-4H3;3-4,17-18H,5-8,15H2,1-2H3;4-5,16H,6-7,14H2,1-3H3. The first-order valence-corrected chi connectivity index (χ1v) is 39.3. The number of benzene rings is 6. The quantitative estimate of drug-likeness (QED) is 0.0224. The van der Waals surface area contributed by atoms with Crippen LogP contribution >= 0.6 is 0 Å². The van der Waals surface area contributed by atoms with Gasteiger partial charge in [-0.05, 0) is 257 Å². The number of hydrogen-bond acceptors (Lipinski definition) is 20. The fourth-order valence-electron chi connectivity index (χ4n) is 14.7. The summed E-state index contributed by atoms with van der Waals surface area (Å²) in [4.78, 5) is 15.5. The van der Waals surface area contributed by atoms with Gasteiger partial charge in [-0.25, -0.2) is 0 Å². The van der Waals surface area contributed by atoms with E-state index >= 15 is 0 Å². The SMILES string of the molecule is Cc1[nH]c2c(OCCN(C)C)ccc(N)c2c1C.Cc1[nH]c2c(OCCN3CCCC3)ccc(N)c2c1C.Cc1c(C)n(C)c2c(OCCN(C)C)ccc(N)c12.Cc1c(C)n(C)c2c(OCCO)ccc(N)c12.Cc1c(C)n(CCO)c2c(OCCN(C)C)ccc(N)c12.Cc1c(C)n(CCO)c2c(OCCO)ccc(N)c12. The molecular formula is C88H130N16O10. The summed E-state index contributed by atoms with van der Waals surface area (Å²) >= 11 is 0. The molecule has 0 bridgehead atoms. The third-order valence-corrected chi connectivity index (χ3v) is 21.9. The van der Waals surface area contributed by atoms with Gasteiger partial charge in [-0.3, -0.25) is 4.90 Å². The summed E-state index contributed by atoms with van der Waals surface area (Å²) in [6, 6.07) is 22.8. The number of anilines is 6. The van der Waals surface area contributed by atoms with E-state index in [9.17, 15) is 10.2 Å². The molecule has 26 heteroatoms. The van der Waals surface area contributed by atoms with E-state index < -0.39 is 0 Å². The van der Waals surface area contributed by atoms with Crippen molar-refractivity contribution in [2.45, 2.75) is 109 Å². The summed E-state index contributed by atoms with van der Waals surface area (Å²) in [5, 5.41) is 42.6. The van der Waals surface area contributed by atoms with Crippen molar-refractivity contribution in [3.8, 4) is 34.5 Å². The predicted octanol–water partition coefficient (Wildman–Crippen LogP) is 12.2. The Labute approximate surface area is 672 Å². The van der Waals surface area contributed by atoms with E-state index in [1.165, 1.54) is 59.6 Å². The maximum Gasteiger partial charge on any atom is 0.143 e. The lowest BCUT2D eigenvalue weighted by Gasteiger charge is -2.15. The van der Waals surface area contributed by atoms with Gasteiger partial charge in [0.15, 0.2) is 0 Å². The fraction of sp³-hybridized carbons (Fsp3) is 0.455. The van der Waals surface area contributed by atoms with Gasteiger partial charge in [-0.2, -0.15) is 0 Å². The van der Waals surface area contributed by atoms with Crippen molar-refractivity contribution >= 4 is 99.5 Å². The van der Waals surface area contributed by atoms with Gasteiger partial charge in [-0.1, -0.05) is 0 Å². The van der Waals surface area contributed by atoms with Crippen LogP contribution in [0.15, 0.2) is 72.8 Å². The van der Waals surface area contributed by atoms with E-state index in [0.29, 0.717) is 51.0 Å². The highest BCUT2D eigenvalue weighted by molar-refractivity contribution is 6.03. The van der Waals surface area contributed by atoms with Crippen molar-refractivity contribution in [3.63, 3.8) is 0 Å². The van der Waals surface area contributed by atoms with E-state index in [2.05, 4.69) is 113 Å². The third kappa shape index (κ3) is 20.5. The van der Waals surface area contributed by atoms with Crippen molar-refractivity contribution in [1.29, 1.82) is 0 Å². The summed E-state index contributed by atoms with van der Waals surface area (Å²) in [5.74, 6) is 4.96. The van der Waals surface area contributed by atoms with Crippen LogP contribution in [0.5, 0.6) is 34.5 Å². The molecule has 1 aliphatic heterocycles. The lowest BCUT2D eigenvalue weighted by atomic mass is 10.1. The third-order valence-electron chi connectivity index (χ3n) is 21.9. The van der Waals surface area contributed by atoms with Crippen molar-refractivity contribution in [3.05, 3.63) is 140 Å². The molecule has 13 rings (SSSR count). The summed E-state index contributed by atoms with van der Waals surface area (Å²) in [7, 11) is 16.2. The molecule has 26 nitrogen and oxygen atoms in total. The van der Waals surface area contributed by atoms with E-state index in [-0.39, 0.29) is 33.0 Å². The highest BCUT2D eigenvalue weighted by atomic mass is 16.5. The zero-order valence-electron chi connectivity index (χ0n) is 71.4. The summed E-state index contributed by atoms with van der Waals surface area (Å²) < 4.78 is 43.1. The molecule has 0 atom stereocenters. The number of rotatable bonds is 26. The van der Waals surface area contributed by atoms with Crippen LogP contribution in [-0.4, -0.2) is 216 Å². The molecule has 0 aliphatic carbocycles. The van der Waals surface area contributed by atoms with Crippen LogP contribution in [0.2, 0.25) is 0 Å². The lowest BCUT2D eigenvalue weighted by molar-refractivity contribution is 0.202. The van der Waals surface area contributed by atoms with Gasteiger partial charge < -0.3 is 126 Å². The Morgan fingerprint density at radius 1 is 0.325 bits per heavy atom. The van der Waals surface area contributed by atoms with Gasteiger partial charge in [0.05, 0.1) is 59.5 Å². The zero-order valence-corrected chi connectivity index (χ0v) is 71.4. The number of H-pyrrole nitrogens is 2. The molecule has 1 saturated heterocycles. The average Bonchev–Trinajstić information content (AvgIpc) is 1.65. The molecule has 7 heterocycles. The molecule has 0 amide bonds. The molecule has 114 heavy (non-hydrogen) atoms. The average molecular weight is 1570 g/mol. The van der Waals surface area contributed by atoms with Crippen LogP contribution in [0.3, 0.4) is 0 Å². The second kappa shape index (κ2) is 40.7. The number of ether oxygens (including phenoxy) is 6. The first-order valence-electron chi connectivity index (χ1n) is 39.3. The maximum absolute atomic E-state index is 9.32. The predicted molar refractivity (Wildman–Crippen MR) is 472 cm³/mol. The van der Waals surface area contributed by atoms with Crippen molar-refractivity contribution in [1.82, 2.24) is 47.8 Å².